The van der Waals surface area contributed by atoms with Gasteiger partial charge in [0.1, 0.15) is 10.9 Å². The summed E-state index contributed by atoms with van der Waals surface area (Å²) in [7, 11) is -0.839. The highest BCUT2D eigenvalue weighted by Gasteiger charge is 2.44. The Balaban J connectivity index is 2.36. The number of carbonyl (C=O) groups is 1. The maximum atomic E-state index is 12.4. The van der Waals surface area contributed by atoms with E-state index in [-0.39, 0.29) is 17.9 Å². The zero-order valence-electron chi connectivity index (χ0n) is 10.6. The summed E-state index contributed by atoms with van der Waals surface area (Å²) in [4.78, 5) is 11.2. The van der Waals surface area contributed by atoms with Crippen molar-refractivity contribution < 1.29 is 23.1 Å². The predicted molar refractivity (Wildman–Crippen MR) is 63.9 cm³/mol. The van der Waals surface area contributed by atoms with E-state index in [2.05, 4.69) is 5.10 Å². The molecule has 0 spiro atoms. The predicted octanol–water partition coefficient (Wildman–Crippen LogP) is -0.717. The number of rotatable bonds is 4. The summed E-state index contributed by atoms with van der Waals surface area (Å²) in [5.74, 6) is -1.17. The molecule has 1 saturated heterocycles. The second kappa shape index (κ2) is 4.91. The zero-order valence-corrected chi connectivity index (χ0v) is 11.4. The van der Waals surface area contributed by atoms with Gasteiger partial charge in [-0.1, -0.05) is 0 Å². The van der Waals surface area contributed by atoms with E-state index in [1.54, 1.807) is 7.05 Å². The fourth-order valence-corrected chi connectivity index (χ4v) is 3.71. The van der Waals surface area contributed by atoms with Gasteiger partial charge in [0.05, 0.1) is 12.3 Å². The number of aromatic nitrogens is 2. The molecule has 0 saturated carbocycles. The van der Waals surface area contributed by atoms with Crippen LogP contribution in [0.2, 0.25) is 0 Å². The van der Waals surface area contributed by atoms with Gasteiger partial charge in [0, 0.05) is 33.3 Å². The SMILES string of the molecule is COC1CC(C(=O)O)N(S(=O)(=O)c2cnn(C)c2)C1. The average Bonchev–Trinajstić information content (AvgIpc) is 2.94. The van der Waals surface area contributed by atoms with E-state index in [4.69, 9.17) is 9.84 Å². The summed E-state index contributed by atoms with van der Waals surface area (Å²) in [5, 5.41) is 12.9. The second-order valence-electron chi connectivity index (χ2n) is 4.37. The third-order valence-corrected chi connectivity index (χ3v) is 4.95. The summed E-state index contributed by atoms with van der Waals surface area (Å²) in [5.41, 5.74) is 0. The van der Waals surface area contributed by atoms with Crippen molar-refractivity contribution in [3.05, 3.63) is 12.4 Å². The Hall–Kier alpha value is -1.45. The first-order chi connectivity index (χ1) is 8.86. The first kappa shape index (κ1) is 14.0. The lowest BCUT2D eigenvalue weighted by Crippen LogP contribution is -2.40. The van der Waals surface area contributed by atoms with Gasteiger partial charge in [0.25, 0.3) is 0 Å². The number of nitrogens with zero attached hydrogens (tertiary/aromatic N) is 3. The molecular weight excluding hydrogens is 274 g/mol. The lowest BCUT2D eigenvalue weighted by Gasteiger charge is -2.19. The lowest BCUT2D eigenvalue weighted by atomic mass is 10.2. The van der Waals surface area contributed by atoms with E-state index < -0.39 is 28.1 Å². The molecule has 2 atom stereocenters. The van der Waals surface area contributed by atoms with Crippen LogP contribution in [0.3, 0.4) is 0 Å². The van der Waals surface area contributed by atoms with Crippen molar-refractivity contribution in [1.82, 2.24) is 14.1 Å². The van der Waals surface area contributed by atoms with Crippen molar-refractivity contribution in [2.75, 3.05) is 13.7 Å². The lowest BCUT2D eigenvalue weighted by molar-refractivity contribution is -0.140. The molecule has 0 bridgehead atoms. The van der Waals surface area contributed by atoms with Crippen LogP contribution in [0, 0.1) is 0 Å². The molecular formula is C10H15N3O5S. The number of carboxylic acids is 1. The van der Waals surface area contributed by atoms with Crippen molar-refractivity contribution in [1.29, 1.82) is 0 Å². The first-order valence-corrected chi connectivity index (χ1v) is 7.06. The van der Waals surface area contributed by atoms with Crippen LogP contribution in [0.1, 0.15) is 6.42 Å². The Bertz CT molecular complexity index is 582. The Morgan fingerprint density at radius 2 is 2.26 bits per heavy atom. The van der Waals surface area contributed by atoms with Crippen LogP contribution < -0.4 is 0 Å². The van der Waals surface area contributed by atoms with Crippen molar-refractivity contribution in [2.45, 2.75) is 23.5 Å². The Morgan fingerprint density at radius 1 is 1.58 bits per heavy atom. The first-order valence-electron chi connectivity index (χ1n) is 5.62. The number of carboxylic acid groups (broad SMARTS) is 1. The van der Waals surface area contributed by atoms with Gasteiger partial charge in [-0.25, -0.2) is 8.42 Å². The Kier molecular flexibility index (Phi) is 3.61. The molecule has 1 aliphatic heterocycles. The van der Waals surface area contributed by atoms with Gasteiger partial charge >= 0.3 is 5.97 Å². The summed E-state index contributed by atoms with van der Waals surface area (Å²) >= 11 is 0. The molecule has 2 heterocycles. The van der Waals surface area contributed by atoms with Crippen molar-refractivity contribution >= 4 is 16.0 Å². The fourth-order valence-electron chi connectivity index (χ4n) is 2.10. The molecule has 0 amide bonds. The number of hydrogen-bond donors (Lipinski definition) is 1. The van der Waals surface area contributed by atoms with Gasteiger partial charge in [-0.3, -0.25) is 9.48 Å². The van der Waals surface area contributed by atoms with E-state index in [9.17, 15) is 13.2 Å². The average molecular weight is 289 g/mol. The van der Waals surface area contributed by atoms with Gasteiger partial charge < -0.3 is 9.84 Å². The smallest absolute Gasteiger partial charge is 0.322 e. The number of methoxy groups -OCH3 is 1. The van der Waals surface area contributed by atoms with Crippen molar-refractivity contribution in [3.8, 4) is 0 Å². The summed E-state index contributed by atoms with van der Waals surface area (Å²) < 4.78 is 32.1. The molecule has 1 aromatic heterocycles. The van der Waals surface area contributed by atoms with Gasteiger partial charge in [0.2, 0.25) is 10.0 Å². The normalized spacial score (nSPS) is 24.7. The molecule has 19 heavy (non-hydrogen) atoms. The molecule has 0 radical (unpaired) electrons. The van der Waals surface area contributed by atoms with E-state index in [1.165, 1.54) is 24.2 Å². The van der Waals surface area contributed by atoms with Crippen molar-refractivity contribution in [3.63, 3.8) is 0 Å². The molecule has 0 aromatic carbocycles. The van der Waals surface area contributed by atoms with Crippen LogP contribution >= 0.6 is 0 Å². The molecule has 1 aliphatic rings. The maximum absolute atomic E-state index is 12.4. The number of aryl methyl sites for hydroxylation is 1. The molecule has 1 aromatic rings. The van der Waals surface area contributed by atoms with E-state index >= 15 is 0 Å². The zero-order chi connectivity index (χ0) is 14.2. The van der Waals surface area contributed by atoms with Crippen LogP contribution in [-0.4, -0.2) is 59.4 Å². The number of sulfonamides is 1. The molecule has 9 heteroatoms. The summed E-state index contributed by atoms with van der Waals surface area (Å²) in [6.45, 7) is 0.0324. The van der Waals surface area contributed by atoms with E-state index in [0.29, 0.717) is 0 Å². The highest BCUT2D eigenvalue weighted by Crippen LogP contribution is 2.27. The minimum Gasteiger partial charge on any atom is -0.480 e. The number of aliphatic carboxylic acids is 1. The molecule has 1 N–H and O–H groups in total. The van der Waals surface area contributed by atoms with Gasteiger partial charge in [-0.15, -0.1) is 0 Å². The van der Waals surface area contributed by atoms with Crippen LogP contribution in [-0.2, 0) is 26.6 Å². The standard InChI is InChI=1S/C10H15N3O5S/c1-12-6-8(4-11-12)19(16,17)13-5-7(18-2)3-9(13)10(14)15/h4,6-7,9H,3,5H2,1-2H3,(H,14,15). The van der Waals surface area contributed by atoms with Crippen LogP contribution in [0.4, 0.5) is 0 Å². The Morgan fingerprint density at radius 3 is 2.74 bits per heavy atom. The van der Waals surface area contributed by atoms with Gasteiger partial charge in [-0.2, -0.15) is 9.40 Å². The highest BCUT2D eigenvalue weighted by atomic mass is 32.2. The van der Waals surface area contributed by atoms with Gasteiger partial charge in [-0.05, 0) is 0 Å². The number of hydrogen-bond acceptors (Lipinski definition) is 5. The summed E-state index contributed by atoms with van der Waals surface area (Å²) in [6.07, 6.45) is 2.28. The minimum atomic E-state index is -3.87. The number of ether oxygens (including phenoxy) is 1. The Labute approximate surface area is 110 Å². The molecule has 0 aliphatic carbocycles. The maximum Gasteiger partial charge on any atom is 0.322 e. The molecule has 1 fully saturated rings. The third kappa shape index (κ3) is 2.48. The quantitative estimate of drug-likeness (QED) is 0.785. The van der Waals surface area contributed by atoms with Crippen molar-refractivity contribution in [2.24, 2.45) is 7.05 Å². The molecule has 2 rings (SSSR count). The highest BCUT2D eigenvalue weighted by molar-refractivity contribution is 7.89. The van der Waals surface area contributed by atoms with E-state index in [0.717, 1.165) is 4.31 Å². The third-order valence-electron chi connectivity index (χ3n) is 3.12. The molecule has 8 nitrogen and oxygen atoms in total. The van der Waals surface area contributed by atoms with Gasteiger partial charge in [0.15, 0.2) is 0 Å². The summed E-state index contributed by atoms with van der Waals surface area (Å²) in [6, 6.07) is -1.10. The monoisotopic (exact) mass is 289 g/mol. The molecule has 2 unspecified atom stereocenters. The van der Waals surface area contributed by atoms with Crippen LogP contribution in [0.15, 0.2) is 17.3 Å². The van der Waals surface area contributed by atoms with E-state index in [1.807, 2.05) is 0 Å². The van der Waals surface area contributed by atoms with Crippen LogP contribution in [0.5, 0.6) is 0 Å². The minimum absolute atomic E-state index is 0.0157. The largest absolute Gasteiger partial charge is 0.480 e. The topological polar surface area (TPSA) is 102 Å². The fraction of sp³-hybridized carbons (Fsp3) is 0.600. The molecule has 106 valence electrons. The van der Waals surface area contributed by atoms with Crippen LogP contribution in [0.25, 0.3) is 0 Å². The second-order valence-corrected chi connectivity index (χ2v) is 6.26.